The maximum absolute atomic E-state index is 12.6. The lowest BCUT2D eigenvalue weighted by atomic mass is 9.89. The Morgan fingerprint density at radius 3 is 2.75 bits per heavy atom. The molecule has 0 aromatic heterocycles. The van der Waals surface area contributed by atoms with Crippen LogP contribution in [0.2, 0.25) is 0 Å². The van der Waals surface area contributed by atoms with E-state index in [0.717, 1.165) is 21.3 Å². The van der Waals surface area contributed by atoms with E-state index in [-0.39, 0.29) is 25.1 Å². The average molecular weight is 552 g/mol. The van der Waals surface area contributed by atoms with Crippen molar-refractivity contribution in [2.45, 2.75) is 31.1 Å². The van der Waals surface area contributed by atoms with Crippen LogP contribution in [0, 0.1) is 3.57 Å². The molecule has 7 nitrogen and oxygen atoms in total. The third-order valence-electron chi connectivity index (χ3n) is 5.30. The van der Waals surface area contributed by atoms with Gasteiger partial charge in [0.2, 0.25) is 5.91 Å². The Bertz CT molecular complexity index is 936. The van der Waals surface area contributed by atoms with Gasteiger partial charge in [-0.15, -0.1) is 0 Å². The number of halogens is 1. The molecule has 2 aromatic rings. The van der Waals surface area contributed by atoms with Crippen molar-refractivity contribution in [3.63, 3.8) is 0 Å². The second-order valence-corrected chi connectivity index (χ2v) is 8.70. The van der Waals surface area contributed by atoms with Crippen molar-refractivity contribution < 1.29 is 24.5 Å². The average Bonchev–Trinajstić information content (AvgIpc) is 2.81. The van der Waals surface area contributed by atoms with E-state index in [1.807, 2.05) is 48.5 Å². The SMILES string of the molecule is COc1cccc(CCN[C@@H]2CC(C(=O)NCCO)=C[C@H](Oc3ccccc3I)[C@H]2O)c1. The summed E-state index contributed by atoms with van der Waals surface area (Å²) in [7, 11) is 1.64. The number of para-hydroxylation sites is 1. The number of benzene rings is 2. The zero-order valence-electron chi connectivity index (χ0n) is 18.0. The quantitative estimate of drug-likeness (QED) is 0.337. The normalized spacial score (nSPS) is 20.4. The van der Waals surface area contributed by atoms with E-state index < -0.39 is 12.2 Å². The number of methoxy groups -OCH3 is 1. The van der Waals surface area contributed by atoms with E-state index in [1.54, 1.807) is 13.2 Å². The number of aliphatic hydroxyl groups is 2. The van der Waals surface area contributed by atoms with E-state index in [4.69, 9.17) is 14.6 Å². The van der Waals surface area contributed by atoms with Crippen molar-refractivity contribution in [2.75, 3.05) is 26.8 Å². The number of hydrogen-bond donors (Lipinski definition) is 4. The molecule has 0 spiro atoms. The summed E-state index contributed by atoms with van der Waals surface area (Å²) >= 11 is 2.18. The lowest BCUT2D eigenvalue weighted by Gasteiger charge is -2.34. The molecular weight excluding hydrogens is 523 g/mol. The van der Waals surface area contributed by atoms with Gasteiger partial charge in [-0.1, -0.05) is 24.3 Å². The van der Waals surface area contributed by atoms with Gasteiger partial charge in [0.05, 0.1) is 17.3 Å². The van der Waals surface area contributed by atoms with Gasteiger partial charge in [-0.2, -0.15) is 0 Å². The number of nitrogens with one attached hydrogen (secondary N) is 2. The molecule has 0 fully saturated rings. The Kier molecular flexibility index (Phi) is 9.34. The summed E-state index contributed by atoms with van der Waals surface area (Å²) in [5, 5.41) is 26.1. The molecule has 4 N–H and O–H groups in total. The van der Waals surface area contributed by atoms with E-state index in [9.17, 15) is 9.90 Å². The number of carbonyl (C=O) groups is 1. The Balaban J connectivity index is 1.71. The maximum Gasteiger partial charge on any atom is 0.247 e. The first kappa shape index (κ1) is 24.5. The van der Waals surface area contributed by atoms with Crippen LogP contribution < -0.4 is 20.1 Å². The van der Waals surface area contributed by atoms with Crippen molar-refractivity contribution >= 4 is 28.5 Å². The fraction of sp³-hybridized carbons (Fsp3) is 0.375. The van der Waals surface area contributed by atoms with Crippen molar-refractivity contribution in [1.82, 2.24) is 10.6 Å². The van der Waals surface area contributed by atoms with Crippen LogP contribution in [-0.4, -0.2) is 61.2 Å². The highest BCUT2D eigenvalue weighted by molar-refractivity contribution is 14.1. The summed E-state index contributed by atoms with van der Waals surface area (Å²) in [6.45, 7) is 0.663. The molecular formula is C24H29IN2O5. The Labute approximate surface area is 202 Å². The second kappa shape index (κ2) is 12.2. The highest BCUT2D eigenvalue weighted by Crippen LogP contribution is 2.27. The highest BCUT2D eigenvalue weighted by Gasteiger charge is 2.35. The molecule has 1 aliphatic carbocycles. The predicted octanol–water partition coefficient (Wildman–Crippen LogP) is 2.05. The van der Waals surface area contributed by atoms with Crippen molar-refractivity contribution in [3.8, 4) is 11.5 Å². The summed E-state index contributed by atoms with van der Waals surface area (Å²) in [6, 6.07) is 15.0. The zero-order chi connectivity index (χ0) is 22.9. The molecule has 0 radical (unpaired) electrons. The molecule has 3 atom stereocenters. The first-order valence-corrected chi connectivity index (χ1v) is 11.6. The molecule has 0 bridgehead atoms. The summed E-state index contributed by atoms with van der Waals surface area (Å²) < 4.78 is 12.3. The monoisotopic (exact) mass is 552 g/mol. The molecule has 0 unspecified atom stereocenters. The van der Waals surface area contributed by atoms with Gasteiger partial charge in [0.15, 0.2) is 0 Å². The number of amides is 1. The fourth-order valence-electron chi connectivity index (χ4n) is 3.62. The van der Waals surface area contributed by atoms with E-state index in [1.165, 1.54) is 0 Å². The number of rotatable bonds is 10. The van der Waals surface area contributed by atoms with Gasteiger partial charge >= 0.3 is 0 Å². The lowest BCUT2D eigenvalue weighted by Crippen LogP contribution is -2.52. The van der Waals surface area contributed by atoms with Gasteiger partial charge in [0.25, 0.3) is 0 Å². The topological polar surface area (TPSA) is 100 Å². The van der Waals surface area contributed by atoms with E-state index >= 15 is 0 Å². The highest BCUT2D eigenvalue weighted by atomic mass is 127. The smallest absolute Gasteiger partial charge is 0.247 e. The number of carbonyl (C=O) groups excluding carboxylic acids is 1. The minimum absolute atomic E-state index is 0.133. The van der Waals surface area contributed by atoms with Crippen molar-refractivity contribution in [2.24, 2.45) is 0 Å². The Morgan fingerprint density at radius 1 is 1.19 bits per heavy atom. The standard InChI is InChI=1S/C24H29IN2O5/c1-31-18-6-4-5-16(13-18)9-10-26-20-14-17(24(30)27-11-12-28)15-22(23(20)29)32-21-8-3-2-7-19(21)25/h2-8,13,15,20,22-23,26,28-29H,9-12,14H2,1H3,(H,27,30)/t20-,22+,23+/m1/s1. The van der Waals surface area contributed by atoms with Crippen LogP contribution in [0.25, 0.3) is 0 Å². The Hall–Kier alpha value is -2.14. The van der Waals surface area contributed by atoms with Gasteiger partial charge in [0, 0.05) is 18.2 Å². The molecule has 1 aliphatic rings. The predicted molar refractivity (Wildman–Crippen MR) is 131 cm³/mol. The van der Waals surface area contributed by atoms with Crippen LogP contribution in [0.1, 0.15) is 12.0 Å². The molecule has 1 amide bonds. The molecule has 2 aromatic carbocycles. The number of aliphatic hydroxyl groups excluding tert-OH is 2. The van der Waals surface area contributed by atoms with Crippen LogP contribution in [-0.2, 0) is 11.2 Å². The summed E-state index contributed by atoms with van der Waals surface area (Å²) in [5.74, 6) is 1.19. The summed E-state index contributed by atoms with van der Waals surface area (Å²) in [4.78, 5) is 12.6. The van der Waals surface area contributed by atoms with Gasteiger partial charge in [-0.25, -0.2) is 0 Å². The third kappa shape index (κ3) is 6.68. The van der Waals surface area contributed by atoms with Gasteiger partial charge < -0.3 is 30.3 Å². The minimum Gasteiger partial charge on any atom is -0.497 e. The second-order valence-electron chi connectivity index (χ2n) is 7.54. The zero-order valence-corrected chi connectivity index (χ0v) is 20.1. The van der Waals surface area contributed by atoms with Crippen LogP contribution in [0.3, 0.4) is 0 Å². The molecule has 32 heavy (non-hydrogen) atoms. The van der Waals surface area contributed by atoms with Gasteiger partial charge in [-0.3, -0.25) is 4.79 Å². The Morgan fingerprint density at radius 2 is 2.00 bits per heavy atom. The number of ether oxygens (including phenoxy) is 2. The fourth-order valence-corrected chi connectivity index (χ4v) is 4.13. The molecule has 0 heterocycles. The molecule has 3 rings (SSSR count). The minimum atomic E-state index is -0.828. The summed E-state index contributed by atoms with van der Waals surface area (Å²) in [6.07, 6.45) is 1.29. The maximum atomic E-state index is 12.6. The lowest BCUT2D eigenvalue weighted by molar-refractivity contribution is -0.118. The van der Waals surface area contributed by atoms with Gasteiger partial charge in [0.1, 0.15) is 23.7 Å². The third-order valence-corrected chi connectivity index (χ3v) is 6.19. The molecule has 172 valence electrons. The molecule has 0 aliphatic heterocycles. The van der Waals surface area contributed by atoms with Crippen LogP contribution in [0.4, 0.5) is 0 Å². The first-order valence-electron chi connectivity index (χ1n) is 10.6. The molecule has 8 heteroatoms. The van der Waals surface area contributed by atoms with Crippen LogP contribution in [0.5, 0.6) is 11.5 Å². The number of hydrogen-bond acceptors (Lipinski definition) is 6. The van der Waals surface area contributed by atoms with Crippen molar-refractivity contribution in [1.29, 1.82) is 0 Å². The van der Waals surface area contributed by atoms with Crippen LogP contribution in [0.15, 0.2) is 60.2 Å². The van der Waals surface area contributed by atoms with Crippen LogP contribution >= 0.6 is 22.6 Å². The van der Waals surface area contributed by atoms with E-state index in [2.05, 4.69) is 33.2 Å². The van der Waals surface area contributed by atoms with Crippen molar-refractivity contribution in [3.05, 3.63) is 69.3 Å². The molecule has 0 saturated carbocycles. The largest absolute Gasteiger partial charge is 0.497 e. The summed E-state index contributed by atoms with van der Waals surface area (Å²) in [5.41, 5.74) is 1.64. The van der Waals surface area contributed by atoms with E-state index in [0.29, 0.717) is 24.3 Å². The van der Waals surface area contributed by atoms with Gasteiger partial charge in [-0.05, 0) is 77.9 Å². The first-order chi connectivity index (χ1) is 15.5. The molecule has 0 saturated heterocycles.